The van der Waals surface area contributed by atoms with Crippen LogP contribution in [0.25, 0.3) is 0 Å². The third-order valence-electron chi connectivity index (χ3n) is 6.60. The van der Waals surface area contributed by atoms with Crippen LogP contribution in [0.3, 0.4) is 0 Å². The summed E-state index contributed by atoms with van der Waals surface area (Å²) in [4.78, 5) is 21.4. The molecule has 0 aliphatic rings. The minimum absolute atomic E-state index is 0. The maximum Gasteiger partial charge on any atom is 1.00 e. The molecule has 0 bridgehead atoms. The fraction of sp³-hybridized carbons (Fsp3) is 0.824. The molecule has 0 spiro atoms. The van der Waals surface area contributed by atoms with Crippen LogP contribution in [0.2, 0.25) is 0 Å². The molecule has 0 amide bonds. The molecule has 0 aromatic rings. The average molecular weight is 593 g/mol. The first-order chi connectivity index (χ1) is 18.6. The Labute approximate surface area is 291 Å². The molecule has 232 valence electrons. The summed E-state index contributed by atoms with van der Waals surface area (Å²) < 4.78 is 4.89. The van der Waals surface area contributed by atoms with Gasteiger partial charge in [0.05, 0.1) is 6.61 Å². The number of ether oxygens (including phenoxy) is 1. The quantitative estimate of drug-likeness (QED) is 0.0452. The molecule has 0 saturated heterocycles. The third kappa shape index (κ3) is 47.8. The maximum absolute atomic E-state index is 11.1. The van der Waals surface area contributed by atoms with E-state index in [0.717, 1.165) is 38.5 Å². The average Bonchev–Trinajstić information content (AvgIpc) is 2.90. The van der Waals surface area contributed by atoms with Crippen LogP contribution in [0, 0.1) is 0 Å². The number of carboxylic acids is 1. The second kappa shape index (κ2) is 43.5. The van der Waals surface area contributed by atoms with E-state index in [1.165, 1.54) is 103 Å². The fourth-order valence-corrected chi connectivity index (χ4v) is 4.21. The van der Waals surface area contributed by atoms with Crippen molar-refractivity contribution < 1.29 is 76.3 Å². The Morgan fingerprint density at radius 2 is 0.850 bits per heavy atom. The van der Waals surface area contributed by atoms with E-state index in [4.69, 9.17) is 9.84 Å². The number of aliphatic carboxylic acids is 1. The first kappa shape index (κ1) is 47.0. The molecule has 0 aromatic heterocycles. The normalized spacial score (nSPS) is 10.6. The number of esters is 1. The number of carbonyl (C=O) groups excluding carboxylic acids is 1. The molecule has 0 saturated carbocycles. The molecule has 2 N–H and O–H groups in total. The van der Waals surface area contributed by atoms with Crippen molar-refractivity contribution in [2.75, 3.05) is 6.61 Å². The van der Waals surface area contributed by atoms with Gasteiger partial charge in [0.1, 0.15) is 0 Å². The van der Waals surface area contributed by atoms with Gasteiger partial charge in [0.25, 0.3) is 0 Å². The van der Waals surface area contributed by atoms with Crippen LogP contribution in [0.5, 0.6) is 0 Å². The number of hydrogen-bond acceptors (Lipinski definition) is 4. The van der Waals surface area contributed by atoms with Gasteiger partial charge >= 0.3 is 63.3 Å². The Bertz CT molecular complexity index is 548. The van der Waals surface area contributed by atoms with Gasteiger partial charge in [-0.25, -0.2) is 0 Å². The van der Waals surface area contributed by atoms with E-state index >= 15 is 0 Å². The van der Waals surface area contributed by atoms with Crippen LogP contribution < -0.4 is 51.4 Å². The molecule has 0 atom stereocenters. The van der Waals surface area contributed by atoms with E-state index in [9.17, 15) is 9.59 Å². The van der Waals surface area contributed by atoms with Crippen LogP contribution in [0.1, 0.15) is 175 Å². The molecule has 0 radical (unpaired) electrons. The zero-order valence-corrected chi connectivity index (χ0v) is 30.2. The minimum atomic E-state index is -0.679. The van der Waals surface area contributed by atoms with Crippen molar-refractivity contribution >= 4 is 11.9 Å². The molecule has 5 nitrogen and oxygen atoms in total. The van der Waals surface area contributed by atoms with Gasteiger partial charge in [-0.3, -0.25) is 9.59 Å². The summed E-state index contributed by atoms with van der Waals surface area (Å²) in [5.41, 5.74) is 0. The second-order valence-electron chi connectivity index (χ2n) is 10.5. The van der Waals surface area contributed by atoms with Crippen molar-refractivity contribution in [1.29, 1.82) is 0 Å². The molecule has 0 aliphatic carbocycles. The smallest absolute Gasteiger partial charge is 0.870 e. The number of allylic oxidation sites excluding steroid dienone is 4. The van der Waals surface area contributed by atoms with Crippen LogP contribution in [0.4, 0.5) is 0 Å². The molecule has 0 rings (SSSR count). The van der Waals surface area contributed by atoms with Gasteiger partial charge in [0, 0.05) is 12.8 Å². The van der Waals surface area contributed by atoms with Gasteiger partial charge in [-0.2, -0.15) is 0 Å². The topological polar surface area (TPSA) is 93.6 Å². The van der Waals surface area contributed by atoms with Gasteiger partial charge in [-0.15, -0.1) is 0 Å². The van der Waals surface area contributed by atoms with E-state index in [1.54, 1.807) is 0 Å². The molecule has 0 aliphatic heterocycles. The van der Waals surface area contributed by atoms with E-state index in [-0.39, 0.29) is 62.8 Å². The Hall–Kier alpha value is 0.0164. The first-order valence-electron chi connectivity index (χ1n) is 16.3. The summed E-state index contributed by atoms with van der Waals surface area (Å²) in [6, 6.07) is 0. The summed E-state index contributed by atoms with van der Waals surface area (Å²) >= 11 is 0. The van der Waals surface area contributed by atoms with E-state index in [1.807, 2.05) is 6.92 Å². The SMILES string of the molecule is CCCCCCCCC/C=C\CCCCC(=O)O.CCCCCCCCC/C=C\CCCCC(=O)OCC.[K+].[OH-]. The van der Waals surface area contributed by atoms with Crippen LogP contribution >= 0.6 is 0 Å². The van der Waals surface area contributed by atoms with Crippen molar-refractivity contribution in [3.05, 3.63) is 24.3 Å². The molecule has 6 heteroatoms. The van der Waals surface area contributed by atoms with Crippen LogP contribution in [-0.4, -0.2) is 29.1 Å². The van der Waals surface area contributed by atoms with Crippen LogP contribution in [-0.2, 0) is 14.3 Å². The van der Waals surface area contributed by atoms with Crippen molar-refractivity contribution in [2.45, 2.75) is 175 Å². The monoisotopic (exact) mass is 592 g/mol. The number of carboxylic acid groups (broad SMARTS) is 1. The maximum atomic E-state index is 11.1. The molecule has 40 heavy (non-hydrogen) atoms. The Morgan fingerprint density at radius 1 is 0.525 bits per heavy atom. The zero-order valence-electron chi connectivity index (χ0n) is 27.1. The molecule has 0 aromatic carbocycles. The van der Waals surface area contributed by atoms with Gasteiger partial charge in [-0.05, 0) is 71.1 Å². The predicted octanol–water partition coefficient (Wildman–Crippen LogP) is 7.96. The van der Waals surface area contributed by atoms with Crippen molar-refractivity contribution in [3.8, 4) is 0 Å². The zero-order chi connectivity index (χ0) is 28.4. The van der Waals surface area contributed by atoms with E-state index in [0.29, 0.717) is 19.4 Å². The largest absolute Gasteiger partial charge is 1.00 e. The summed E-state index contributed by atoms with van der Waals surface area (Å²) in [6.45, 7) is 6.86. The van der Waals surface area contributed by atoms with Crippen molar-refractivity contribution in [2.24, 2.45) is 0 Å². The molecule has 0 unspecified atom stereocenters. The van der Waals surface area contributed by atoms with Crippen molar-refractivity contribution in [1.82, 2.24) is 0 Å². The standard InChI is InChI=1S/C18H34O2.C16H30O2.K.H2O/c1-3-5-6-7-8-9-10-11-12-13-14-15-16-17-18(19)20-4-2;1-2-3-4-5-6-7-8-9-10-11-12-13-14-15-16(17)18;;/h12-13H,3-11,14-17H2,1-2H3;10-11H,2-9,12-15H2,1H3,(H,17,18);;1H2/q;;+1;/p-1/b13-12-;11-10-;;. The number of rotatable bonds is 27. The van der Waals surface area contributed by atoms with Crippen LogP contribution in [0.15, 0.2) is 24.3 Å². The summed E-state index contributed by atoms with van der Waals surface area (Å²) in [7, 11) is 0. The summed E-state index contributed by atoms with van der Waals surface area (Å²) in [5, 5.41) is 8.47. The summed E-state index contributed by atoms with van der Waals surface area (Å²) in [6.07, 6.45) is 37.5. The fourth-order valence-electron chi connectivity index (χ4n) is 4.21. The minimum Gasteiger partial charge on any atom is -0.870 e. The molecule has 0 heterocycles. The van der Waals surface area contributed by atoms with Gasteiger partial charge in [0.2, 0.25) is 0 Å². The van der Waals surface area contributed by atoms with E-state index < -0.39 is 5.97 Å². The first-order valence-corrected chi connectivity index (χ1v) is 16.3. The van der Waals surface area contributed by atoms with Gasteiger partial charge in [0.15, 0.2) is 0 Å². The molecular formula is C34H65KO5. The molecular weight excluding hydrogens is 527 g/mol. The van der Waals surface area contributed by atoms with Crippen molar-refractivity contribution in [3.63, 3.8) is 0 Å². The van der Waals surface area contributed by atoms with E-state index in [2.05, 4.69) is 38.2 Å². The third-order valence-corrected chi connectivity index (χ3v) is 6.60. The van der Waals surface area contributed by atoms with Gasteiger partial charge < -0.3 is 15.3 Å². The van der Waals surface area contributed by atoms with Gasteiger partial charge in [-0.1, -0.05) is 115 Å². The predicted molar refractivity (Wildman–Crippen MR) is 167 cm³/mol. The number of hydrogen-bond donors (Lipinski definition) is 1. The Balaban J connectivity index is -0.000000310. The Kier molecular flexibility index (Phi) is 51.0. The molecule has 0 fully saturated rings. The number of carbonyl (C=O) groups is 2. The Morgan fingerprint density at radius 3 is 1.20 bits per heavy atom. The second-order valence-corrected chi connectivity index (χ2v) is 10.5. The number of unbranched alkanes of at least 4 members (excludes halogenated alkanes) is 18. The summed E-state index contributed by atoms with van der Waals surface area (Å²) in [5.74, 6) is -0.735.